The number of allylic oxidation sites excluding steroid dienone is 1. The van der Waals surface area contributed by atoms with E-state index in [0.29, 0.717) is 0 Å². The molecule has 4 heteroatoms. The lowest BCUT2D eigenvalue weighted by molar-refractivity contribution is -0.162. The van der Waals surface area contributed by atoms with Crippen LogP contribution in [0, 0.1) is 11.3 Å². The second kappa shape index (κ2) is 6.70. The van der Waals surface area contributed by atoms with Crippen molar-refractivity contribution in [1.29, 1.82) is 5.26 Å². The molecule has 3 fully saturated rings. The Bertz CT molecular complexity index is 463. The molecule has 1 aliphatic carbocycles. The first-order valence-corrected chi connectivity index (χ1v) is 8.73. The van der Waals surface area contributed by atoms with Crippen molar-refractivity contribution in [2.45, 2.75) is 82.2 Å². The molecule has 0 amide bonds. The van der Waals surface area contributed by atoms with E-state index in [9.17, 15) is 0 Å². The van der Waals surface area contributed by atoms with E-state index in [1.807, 2.05) is 0 Å². The van der Waals surface area contributed by atoms with Crippen molar-refractivity contribution in [1.82, 2.24) is 0 Å². The summed E-state index contributed by atoms with van der Waals surface area (Å²) in [6, 6.07) is 2.17. The molecule has 0 radical (unpaired) electrons. The highest BCUT2D eigenvalue weighted by Crippen LogP contribution is 2.61. The van der Waals surface area contributed by atoms with Crippen molar-refractivity contribution in [3.63, 3.8) is 0 Å². The standard InChI is InChI=1S/C18H27NO3/c1-17-15(9-12-19)7-6-11-18(17,22-17)10-3-5-14-21-16-8-2-4-13-20-16/h9,16H,2-8,10-11,13-14H2,1H3/b15-9+. The number of rotatable bonds is 6. The van der Waals surface area contributed by atoms with Crippen LogP contribution in [0.4, 0.5) is 0 Å². The Morgan fingerprint density at radius 2 is 2.27 bits per heavy atom. The zero-order valence-corrected chi connectivity index (χ0v) is 13.6. The molecule has 4 nitrogen and oxygen atoms in total. The maximum atomic E-state index is 8.91. The monoisotopic (exact) mass is 305 g/mol. The van der Waals surface area contributed by atoms with Crippen LogP contribution in [0.1, 0.15) is 64.7 Å². The fourth-order valence-electron chi connectivity index (χ4n) is 4.09. The average molecular weight is 305 g/mol. The second-order valence-corrected chi connectivity index (χ2v) is 6.91. The highest BCUT2D eigenvalue weighted by molar-refractivity contribution is 5.37. The van der Waals surface area contributed by atoms with E-state index >= 15 is 0 Å². The third-order valence-electron chi connectivity index (χ3n) is 5.52. The maximum absolute atomic E-state index is 8.91. The first kappa shape index (κ1) is 16.0. The quantitative estimate of drug-likeness (QED) is 0.425. The summed E-state index contributed by atoms with van der Waals surface area (Å²) in [6.45, 7) is 3.77. The van der Waals surface area contributed by atoms with Crippen LogP contribution < -0.4 is 0 Å². The van der Waals surface area contributed by atoms with Crippen LogP contribution >= 0.6 is 0 Å². The first-order valence-electron chi connectivity index (χ1n) is 8.73. The van der Waals surface area contributed by atoms with Crippen LogP contribution in [-0.2, 0) is 14.2 Å². The van der Waals surface area contributed by atoms with E-state index in [0.717, 1.165) is 64.6 Å². The van der Waals surface area contributed by atoms with Crippen molar-refractivity contribution < 1.29 is 14.2 Å². The number of ether oxygens (including phenoxy) is 3. The van der Waals surface area contributed by atoms with Gasteiger partial charge in [0.05, 0.1) is 6.07 Å². The Balaban J connectivity index is 1.39. The largest absolute Gasteiger partial charge is 0.358 e. The summed E-state index contributed by atoms with van der Waals surface area (Å²) >= 11 is 0. The summed E-state index contributed by atoms with van der Waals surface area (Å²) in [6.07, 6.45) is 11.6. The number of epoxide rings is 1. The van der Waals surface area contributed by atoms with Gasteiger partial charge in [-0.05, 0) is 70.3 Å². The number of fused-ring (bicyclic) bond motifs is 1. The van der Waals surface area contributed by atoms with Crippen molar-refractivity contribution >= 4 is 0 Å². The summed E-state index contributed by atoms with van der Waals surface area (Å²) in [5, 5.41) is 8.91. The lowest BCUT2D eigenvalue weighted by atomic mass is 9.74. The lowest BCUT2D eigenvalue weighted by Gasteiger charge is -2.25. The third kappa shape index (κ3) is 3.08. The van der Waals surface area contributed by atoms with Crippen LogP contribution in [0.25, 0.3) is 0 Å². The molecule has 1 saturated carbocycles. The average Bonchev–Trinajstić information content (AvgIpc) is 3.16. The predicted molar refractivity (Wildman–Crippen MR) is 83.2 cm³/mol. The molecule has 22 heavy (non-hydrogen) atoms. The van der Waals surface area contributed by atoms with Gasteiger partial charge in [-0.3, -0.25) is 0 Å². The topological polar surface area (TPSA) is 54.8 Å². The lowest BCUT2D eigenvalue weighted by Crippen LogP contribution is -2.29. The highest BCUT2D eigenvalue weighted by Gasteiger charge is 2.68. The Hall–Kier alpha value is -0.890. The molecule has 0 N–H and O–H groups in total. The van der Waals surface area contributed by atoms with E-state index < -0.39 is 0 Å². The molecule has 3 aliphatic rings. The number of unbranched alkanes of at least 4 members (excludes halogenated alkanes) is 1. The summed E-state index contributed by atoms with van der Waals surface area (Å²) in [5.74, 6) is 0. The van der Waals surface area contributed by atoms with Crippen LogP contribution in [0.2, 0.25) is 0 Å². The minimum atomic E-state index is -0.172. The van der Waals surface area contributed by atoms with Gasteiger partial charge < -0.3 is 14.2 Å². The van der Waals surface area contributed by atoms with E-state index in [1.54, 1.807) is 6.08 Å². The summed E-state index contributed by atoms with van der Waals surface area (Å²) in [4.78, 5) is 0. The summed E-state index contributed by atoms with van der Waals surface area (Å²) < 4.78 is 17.5. The normalized spacial score (nSPS) is 39.3. The van der Waals surface area contributed by atoms with Crippen LogP contribution in [-0.4, -0.2) is 30.7 Å². The smallest absolute Gasteiger partial charge is 0.157 e. The Labute approximate surface area is 133 Å². The van der Waals surface area contributed by atoms with E-state index in [1.165, 1.54) is 12.0 Å². The molecule has 0 spiro atoms. The fourth-order valence-corrected chi connectivity index (χ4v) is 4.09. The van der Waals surface area contributed by atoms with Crippen LogP contribution in [0.5, 0.6) is 0 Å². The van der Waals surface area contributed by atoms with Gasteiger partial charge in [0.25, 0.3) is 0 Å². The molecule has 0 bridgehead atoms. The Morgan fingerprint density at radius 3 is 3.05 bits per heavy atom. The number of hydrogen-bond donors (Lipinski definition) is 0. The van der Waals surface area contributed by atoms with Crippen LogP contribution in [0.3, 0.4) is 0 Å². The number of nitrogens with zero attached hydrogens (tertiary/aromatic N) is 1. The van der Waals surface area contributed by atoms with Gasteiger partial charge >= 0.3 is 0 Å². The summed E-state index contributed by atoms with van der Waals surface area (Å²) in [5.41, 5.74) is 1.01. The molecular formula is C18H27NO3. The molecule has 2 saturated heterocycles. The van der Waals surface area contributed by atoms with Gasteiger partial charge in [0.15, 0.2) is 6.29 Å². The Morgan fingerprint density at radius 1 is 1.36 bits per heavy atom. The minimum Gasteiger partial charge on any atom is -0.358 e. The molecule has 3 rings (SSSR count). The van der Waals surface area contributed by atoms with Crippen molar-refractivity contribution in [3.8, 4) is 6.07 Å². The molecular weight excluding hydrogens is 278 g/mol. The van der Waals surface area contributed by atoms with E-state index in [2.05, 4.69) is 13.0 Å². The van der Waals surface area contributed by atoms with Gasteiger partial charge in [-0.25, -0.2) is 0 Å². The molecule has 0 aromatic rings. The second-order valence-electron chi connectivity index (χ2n) is 6.91. The van der Waals surface area contributed by atoms with Gasteiger partial charge in [0.1, 0.15) is 11.2 Å². The minimum absolute atomic E-state index is 0.00469. The SMILES string of the molecule is CC12OC1(CCCCOC1CCCCO1)CCC/C2=C\C#N. The molecule has 3 atom stereocenters. The van der Waals surface area contributed by atoms with Crippen LogP contribution in [0.15, 0.2) is 11.6 Å². The van der Waals surface area contributed by atoms with Crippen molar-refractivity contribution in [3.05, 3.63) is 11.6 Å². The van der Waals surface area contributed by atoms with Crippen molar-refractivity contribution in [2.75, 3.05) is 13.2 Å². The van der Waals surface area contributed by atoms with E-state index in [4.69, 9.17) is 19.5 Å². The maximum Gasteiger partial charge on any atom is 0.157 e. The van der Waals surface area contributed by atoms with Crippen molar-refractivity contribution in [2.24, 2.45) is 0 Å². The molecule has 2 heterocycles. The summed E-state index contributed by atoms with van der Waals surface area (Å²) in [7, 11) is 0. The van der Waals surface area contributed by atoms with Gasteiger partial charge in [0, 0.05) is 19.3 Å². The molecule has 122 valence electrons. The fraction of sp³-hybridized carbons (Fsp3) is 0.833. The molecule has 2 aliphatic heterocycles. The molecule has 3 unspecified atom stereocenters. The third-order valence-corrected chi connectivity index (χ3v) is 5.52. The van der Waals surface area contributed by atoms with Gasteiger partial charge in [-0.15, -0.1) is 0 Å². The molecule has 0 aromatic carbocycles. The van der Waals surface area contributed by atoms with Gasteiger partial charge in [-0.2, -0.15) is 5.26 Å². The number of nitriles is 1. The first-order chi connectivity index (χ1) is 10.7. The van der Waals surface area contributed by atoms with Gasteiger partial charge in [0.2, 0.25) is 0 Å². The zero-order chi connectivity index (χ0) is 15.5. The zero-order valence-electron chi connectivity index (χ0n) is 13.6. The molecule has 0 aromatic heterocycles. The Kier molecular flexibility index (Phi) is 4.87. The van der Waals surface area contributed by atoms with E-state index in [-0.39, 0.29) is 17.5 Å². The highest BCUT2D eigenvalue weighted by atomic mass is 16.7. The van der Waals surface area contributed by atoms with Gasteiger partial charge in [-0.1, -0.05) is 0 Å². The predicted octanol–water partition coefficient (Wildman–Crippen LogP) is 3.86. The number of hydrogen-bond acceptors (Lipinski definition) is 4.